The summed E-state index contributed by atoms with van der Waals surface area (Å²) in [5.74, 6) is -0.0853. The van der Waals surface area contributed by atoms with E-state index in [1.807, 2.05) is 12.1 Å². The van der Waals surface area contributed by atoms with Crippen LogP contribution in [0.1, 0.15) is 30.5 Å². The number of benzene rings is 1. The van der Waals surface area contributed by atoms with E-state index < -0.39 is 6.04 Å². The highest BCUT2D eigenvalue weighted by Gasteiger charge is 2.25. The monoisotopic (exact) mass is 282 g/mol. The maximum absolute atomic E-state index is 11.5. The first-order chi connectivity index (χ1) is 7.59. The number of fused-ring (bicyclic) bond motifs is 1. The molecule has 4 heteroatoms. The van der Waals surface area contributed by atoms with Gasteiger partial charge in [-0.2, -0.15) is 0 Å². The molecule has 16 heavy (non-hydrogen) atoms. The van der Waals surface area contributed by atoms with Gasteiger partial charge in [0.2, 0.25) is 5.91 Å². The van der Waals surface area contributed by atoms with Crippen LogP contribution in [0.15, 0.2) is 22.7 Å². The van der Waals surface area contributed by atoms with E-state index in [9.17, 15) is 4.79 Å². The van der Waals surface area contributed by atoms with E-state index in [1.165, 1.54) is 11.1 Å². The number of nitrogens with two attached hydrogens (primary N) is 1. The van der Waals surface area contributed by atoms with Crippen molar-refractivity contribution in [1.82, 2.24) is 5.32 Å². The number of amides is 1. The molecule has 0 spiro atoms. The highest BCUT2D eigenvalue weighted by atomic mass is 79.9. The average molecular weight is 283 g/mol. The van der Waals surface area contributed by atoms with Crippen molar-refractivity contribution in [3.05, 3.63) is 33.8 Å². The van der Waals surface area contributed by atoms with Crippen molar-refractivity contribution in [1.29, 1.82) is 0 Å². The largest absolute Gasteiger partial charge is 0.348 e. The Hall–Kier alpha value is -0.870. The first-order valence-electron chi connectivity index (χ1n) is 5.43. The minimum Gasteiger partial charge on any atom is -0.348 e. The summed E-state index contributed by atoms with van der Waals surface area (Å²) in [4.78, 5) is 11.5. The molecule has 2 rings (SSSR count). The van der Waals surface area contributed by atoms with Crippen molar-refractivity contribution in [3.63, 3.8) is 0 Å². The minimum absolute atomic E-state index is 0.0853. The van der Waals surface area contributed by atoms with Crippen LogP contribution in [0.4, 0.5) is 0 Å². The molecule has 0 heterocycles. The summed E-state index contributed by atoms with van der Waals surface area (Å²) >= 11 is 3.53. The number of rotatable bonds is 2. The molecule has 0 radical (unpaired) electrons. The van der Waals surface area contributed by atoms with Gasteiger partial charge >= 0.3 is 0 Å². The molecule has 3 N–H and O–H groups in total. The van der Waals surface area contributed by atoms with Gasteiger partial charge in [0.15, 0.2) is 0 Å². The molecule has 1 aliphatic rings. The molecule has 0 bridgehead atoms. The molecule has 86 valence electrons. The lowest BCUT2D eigenvalue weighted by Gasteiger charge is -2.15. The van der Waals surface area contributed by atoms with E-state index in [0.29, 0.717) is 0 Å². The third-order valence-corrected chi connectivity index (χ3v) is 3.69. The second-order valence-electron chi connectivity index (χ2n) is 4.20. The lowest BCUT2D eigenvalue weighted by molar-refractivity contribution is -0.122. The Morgan fingerprint density at radius 1 is 1.62 bits per heavy atom. The standard InChI is InChI=1S/C12H15BrN2O/c1-7(14)12(16)15-11-6-5-8-9(11)3-2-4-10(8)13/h2-4,7,11H,5-6,14H2,1H3,(H,15,16)/t7-,11?/m0/s1. The normalized spacial score (nSPS) is 20.3. The Bertz CT molecular complexity index is 417. The second kappa shape index (κ2) is 4.55. The topological polar surface area (TPSA) is 55.1 Å². The molecular weight excluding hydrogens is 268 g/mol. The lowest BCUT2D eigenvalue weighted by Crippen LogP contribution is -2.39. The van der Waals surface area contributed by atoms with Crippen molar-refractivity contribution < 1.29 is 4.79 Å². The highest BCUT2D eigenvalue weighted by molar-refractivity contribution is 9.10. The number of nitrogens with one attached hydrogen (secondary N) is 1. The van der Waals surface area contributed by atoms with Crippen molar-refractivity contribution in [2.24, 2.45) is 5.73 Å². The van der Waals surface area contributed by atoms with Gasteiger partial charge in [-0.1, -0.05) is 28.1 Å². The van der Waals surface area contributed by atoms with Gasteiger partial charge in [-0.15, -0.1) is 0 Å². The van der Waals surface area contributed by atoms with Gasteiger partial charge in [0.05, 0.1) is 12.1 Å². The number of carbonyl (C=O) groups excluding carboxylic acids is 1. The van der Waals surface area contributed by atoms with E-state index in [4.69, 9.17) is 5.73 Å². The van der Waals surface area contributed by atoms with Crippen molar-refractivity contribution in [2.75, 3.05) is 0 Å². The maximum atomic E-state index is 11.5. The fourth-order valence-corrected chi connectivity index (χ4v) is 2.64. The fraction of sp³-hybridized carbons (Fsp3) is 0.417. The summed E-state index contributed by atoms with van der Waals surface area (Å²) in [5, 5.41) is 2.98. The first kappa shape index (κ1) is 11.6. The van der Waals surface area contributed by atoms with Gasteiger partial charge in [0, 0.05) is 4.47 Å². The summed E-state index contributed by atoms with van der Waals surface area (Å²) in [6.07, 6.45) is 1.96. The average Bonchev–Trinajstić information content (AvgIpc) is 2.63. The molecule has 1 aliphatic carbocycles. The minimum atomic E-state index is -0.448. The Balaban J connectivity index is 2.18. The number of hydrogen-bond donors (Lipinski definition) is 2. The molecule has 1 aromatic carbocycles. The molecule has 0 aliphatic heterocycles. The Morgan fingerprint density at radius 3 is 3.06 bits per heavy atom. The Kier molecular flexibility index (Phi) is 3.30. The van der Waals surface area contributed by atoms with E-state index in [-0.39, 0.29) is 11.9 Å². The third kappa shape index (κ3) is 2.13. The highest BCUT2D eigenvalue weighted by Crippen LogP contribution is 2.35. The van der Waals surface area contributed by atoms with Gasteiger partial charge < -0.3 is 11.1 Å². The van der Waals surface area contributed by atoms with Gasteiger partial charge in [-0.05, 0) is 37.0 Å². The van der Waals surface area contributed by atoms with Gasteiger partial charge in [-0.3, -0.25) is 4.79 Å². The van der Waals surface area contributed by atoms with Crippen LogP contribution in [0.5, 0.6) is 0 Å². The summed E-state index contributed by atoms with van der Waals surface area (Å²) in [5.41, 5.74) is 8.06. The molecule has 0 aromatic heterocycles. The predicted octanol–water partition coefficient (Wildman–Crippen LogP) is 1.90. The van der Waals surface area contributed by atoms with Gasteiger partial charge in [0.25, 0.3) is 0 Å². The number of halogens is 1. The van der Waals surface area contributed by atoms with Crippen LogP contribution in [-0.2, 0) is 11.2 Å². The summed E-state index contributed by atoms with van der Waals surface area (Å²) in [6, 6.07) is 5.77. The maximum Gasteiger partial charge on any atom is 0.237 e. The molecule has 0 saturated carbocycles. The van der Waals surface area contributed by atoms with E-state index in [0.717, 1.165) is 17.3 Å². The summed E-state index contributed by atoms with van der Waals surface area (Å²) in [6.45, 7) is 1.70. The SMILES string of the molecule is C[C@H](N)C(=O)NC1CCc2c(Br)cccc21. The lowest BCUT2D eigenvalue weighted by atomic mass is 10.1. The first-order valence-corrected chi connectivity index (χ1v) is 6.22. The Morgan fingerprint density at radius 2 is 2.38 bits per heavy atom. The van der Waals surface area contributed by atoms with Crippen molar-refractivity contribution >= 4 is 21.8 Å². The molecule has 0 fully saturated rings. The molecule has 2 atom stereocenters. The second-order valence-corrected chi connectivity index (χ2v) is 5.05. The molecular formula is C12H15BrN2O. The number of carbonyl (C=O) groups is 1. The summed E-state index contributed by atoms with van der Waals surface area (Å²) in [7, 11) is 0. The quantitative estimate of drug-likeness (QED) is 0.871. The third-order valence-electron chi connectivity index (χ3n) is 2.94. The van der Waals surface area contributed by atoms with Crippen LogP contribution in [0.25, 0.3) is 0 Å². The zero-order valence-corrected chi connectivity index (χ0v) is 10.8. The van der Waals surface area contributed by atoms with Crippen LogP contribution in [0.3, 0.4) is 0 Å². The molecule has 0 saturated heterocycles. The predicted molar refractivity (Wildman–Crippen MR) is 67.0 cm³/mol. The molecule has 1 aromatic rings. The van der Waals surface area contributed by atoms with Gasteiger partial charge in [0.1, 0.15) is 0 Å². The van der Waals surface area contributed by atoms with Crippen LogP contribution in [0, 0.1) is 0 Å². The molecule has 3 nitrogen and oxygen atoms in total. The zero-order valence-electron chi connectivity index (χ0n) is 9.16. The van der Waals surface area contributed by atoms with Gasteiger partial charge in [-0.25, -0.2) is 0 Å². The van der Waals surface area contributed by atoms with Crippen LogP contribution in [-0.4, -0.2) is 11.9 Å². The van der Waals surface area contributed by atoms with E-state index >= 15 is 0 Å². The number of hydrogen-bond acceptors (Lipinski definition) is 2. The van der Waals surface area contributed by atoms with Crippen LogP contribution in [0.2, 0.25) is 0 Å². The van der Waals surface area contributed by atoms with Crippen molar-refractivity contribution in [3.8, 4) is 0 Å². The molecule has 1 unspecified atom stereocenters. The van der Waals surface area contributed by atoms with Crippen LogP contribution >= 0.6 is 15.9 Å². The fourth-order valence-electron chi connectivity index (χ4n) is 2.06. The molecule has 1 amide bonds. The zero-order chi connectivity index (χ0) is 11.7. The summed E-state index contributed by atoms with van der Waals surface area (Å²) < 4.78 is 1.13. The van der Waals surface area contributed by atoms with E-state index in [2.05, 4.69) is 27.3 Å². The smallest absolute Gasteiger partial charge is 0.237 e. The van der Waals surface area contributed by atoms with E-state index in [1.54, 1.807) is 6.92 Å². The van der Waals surface area contributed by atoms with Crippen LogP contribution < -0.4 is 11.1 Å². The van der Waals surface area contributed by atoms with Crippen molar-refractivity contribution in [2.45, 2.75) is 31.8 Å². The Labute approximate surface area is 104 Å².